The summed E-state index contributed by atoms with van der Waals surface area (Å²) in [5, 5.41) is 3.18. The number of halogens is 1. The van der Waals surface area contributed by atoms with E-state index in [1.807, 2.05) is 6.92 Å². The Balaban J connectivity index is 1.42. The summed E-state index contributed by atoms with van der Waals surface area (Å²) >= 11 is 4.36. The van der Waals surface area contributed by atoms with E-state index in [2.05, 4.69) is 28.8 Å². The predicted octanol–water partition coefficient (Wildman–Crippen LogP) is 5.01. The smallest absolute Gasteiger partial charge is 0.223 e. The van der Waals surface area contributed by atoms with Gasteiger partial charge in [-0.05, 0) is 62.1 Å². The number of thioether (sulfide) groups is 2. The second kappa shape index (κ2) is 7.15. The van der Waals surface area contributed by atoms with E-state index in [0.717, 1.165) is 18.4 Å². The molecule has 2 aliphatic carbocycles. The van der Waals surface area contributed by atoms with Gasteiger partial charge in [0.25, 0.3) is 0 Å². The third-order valence-electron chi connectivity index (χ3n) is 6.22. The molecule has 2 bridgehead atoms. The van der Waals surface area contributed by atoms with Gasteiger partial charge < -0.3 is 5.32 Å². The van der Waals surface area contributed by atoms with Crippen molar-refractivity contribution < 1.29 is 9.18 Å². The topological polar surface area (TPSA) is 29.1 Å². The molecular formula is C20H26FNOS2. The van der Waals surface area contributed by atoms with E-state index in [4.69, 9.17) is 0 Å². The number of benzene rings is 1. The van der Waals surface area contributed by atoms with Crippen molar-refractivity contribution in [1.29, 1.82) is 0 Å². The molecule has 1 amide bonds. The normalized spacial score (nSPS) is 31.7. The zero-order chi connectivity index (χ0) is 17.4. The van der Waals surface area contributed by atoms with Crippen LogP contribution in [0.4, 0.5) is 4.39 Å². The monoisotopic (exact) mass is 379 g/mol. The summed E-state index contributed by atoms with van der Waals surface area (Å²) in [6, 6.07) is 6.37. The van der Waals surface area contributed by atoms with Crippen LogP contribution in [0, 0.1) is 23.6 Å². The molecule has 1 heterocycles. The zero-order valence-corrected chi connectivity index (χ0v) is 16.3. The lowest BCUT2D eigenvalue weighted by Gasteiger charge is -2.52. The summed E-state index contributed by atoms with van der Waals surface area (Å²) in [6.07, 6.45) is 5.98. The van der Waals surface area contributed by atoms with Crippen LogP contribution in [0.1, 0.15) is 50.6 Å². The molecule has 1 aliphatic heterocycles. The highest BCUT2D eigenvalue weighted by Crippen LogP contribution is 2.64. The molecule has 3 aliphatic rings. The molecule has 1 N–H and O–H groups in total. The standard InChI is InChI=1S/C20H26FNOS2/c1-13(14-5-7-18(21)8-6-14)22-19(23)15-11-16-3-2-4-17(12-15)20(16)24-9-10-25-20/h5-8,13,15-17H,2-4,9-12H2,1H3,(H,22,23). The minimum Gasteiger partial charge on any atom is -0.349 e. The van der Waals surface area contributed by atoms with Crippen LogP contribution in [0.3, 0.4) is 0 Å². The first-order chi connectivity index (χ1) is 12.1. The maximum atomic E-state index is 13.1. The van der Waals surface area contributed by atoms with Crippen LogP contribution in [-0.4, -0.2) is 21.5 Å². The molecule has 3 fully saturated rings. The van der Waals surface area contributed by atoms with Gasteiger partial charge in [0.1, 0.15) is 5.82 Å². The molecule has 1 spiro atoms. The number of amides is 1. The maximum absolute atomic E-state index is 13.1. The Morgan fingerprint density at radius 3 is 2.36 bits per heavy atom. The van der Waals surface area contributed by atoms with Crippen molar-refractivity contribution >= 4 is 29.4 Å². The summed E-state index contributed by atoms with van der Waals surface area (Å²) in [4.78, 5) is 12.9. The Hall–Kier alpha value is -0.680. The van der Waals surface area contributed by atoms with Crippen molar-refractivity contribution in [2.75, 3.05) is 11.5 Å². The number of carbonyl (C=O) groups is 1. The fraction of sp³-hybridized carbons (Fsp3) is 0.650. The third-order valence-corrected chi connectivity index (χ3v) is 10.2. The first-order valence-corrected chi connectivity index (χ1v) is 11.4. The third kappa shape index (κ3) is 3.34. The van der Waals surface area contributed by atoms with Crippen LogP contribution in [0.25, 0.3) is 0 Å². The number of carbonyl (C=O) groups excluding carboxylic acids is 1. The molecule has 3 atom stereocenters. The van der Waals surface area contributed by atoms with Crippen molar-refractivity contribution in [3.63, 3.8) is 0 Å². The van der Waals surface area contributed by atoms with E-state index < -0.39 is 0 Å². The lowest BCUT2D eigenvalue weighted by atomic mass is 9.67. The van der Waals surface area contributed by atoms with E-state index >= 15 is 0 Å². The van der Waals surface area contributed by atoms with Crippen LogP contribution in [-0.2, 0) is 4.79 Å². The van der Waals surface area contributed by atoms with Crippen molar-refractivity contribution in [3.05, 3.63) is 35.6 Å². The summed E-state index contributed by atoms with van der Waals surface area (Å²) in [6.45, 7) is 1.99. The van der Waals surface area contributed by atoms with Crippen LogP contribution in [0.2, 0.25) is 0 Å². The lowest BCUT2D eigenvalue weighted by molar-refractivity contribution is -0.128. The number of nitrogens with one attached hydrogen (secondary N) is 1. The number of hydrogen-bond acceptors (Lipinski definition) is 3. The Labute approximate surface area is 158 Å². The molecule has 1 aromatic rings. The van der Waals surface area contributed by atoms with Crippen LogP contribution in [0.15, 0.2) is 24.3 Å². The van der Waals surface area contributed by atoms with Crippen LogP contribution >= 0.6 is 23.5 Å². The maximum Gasteiger partial charge on any atom is 0.223 e. The molecule has 1 aromatic carbocycles. The number of hydrogen-bond donors (Lipinski definition) is 1. The van der Waals surface area contributed by atoms with Gasteiger partial charge in [0, 0.05) is 17.4 Å². The van der Waals surface area contributed by atoms with Crippen molar-refractivity contribution in [3.8, 4) is 0 Å². The van der Waals surface area contributed by atoms with Gasteiger partial charge in [0.15, 0.2) is 0 Å². The largest absolute Gasteiger partial charge is 0.349 e. The highest BCUT2D eigenvalue weighted by molar-refractivity contribution is 8.21. The molecule has 3 unspecified atom stereocenters. The fourth-order valence-corrected chi connectivity index (χ4v) is 8.93. The van der Waals surface area contributed by atoms with Crippen molar-refractivity contribution in [1.82, 2.24) is 5.32 Å². The molecule has 136 valence electrons. The fourth-order valence-electron chi connectivity index (χ4n) is 4.99. The number of rotatable bonds is 3. The molecular weight excluding hydrogens is 353 g/mol. The molecule has 2 saturated carbocycles. The van der Waals surface area contributed by atoms with E-state index in [0.29, 0.717) is 15.9 Å². The van der Waals surface area contributed by atoms with Gasteiger partial charge in [0.05, 0.1) is 10.1 Å². The molecule has 25 heavy (non-hydrogen) atoms. The molecule has 5 heteroatoms. The molecule has 0 aromatic heterocycles. The highest BCUT2D eigenvalue weighted by atomic mass is 32.2. The lowest BCUT2D eigenvalue weighted by Crippen LogP contribution is -2.49. The first kappa shape index (κ1) is 17.7. The minimum absolute atomic E-state index is 0.0703. The van der Waals surface area contributed by atoms with Gasteiger partial charge in [-0.15, -0.1) is 23.5 Å². The van der Waals surface area contributed by atoms with E-state index in [9.17, 15) is 9.18 Å². The van der Waals surface area contributed by atoms with E-state index in [1.54, 1.807) is 12.1 Å². The predicted molar refractivity (Wildman–Crippen MR) is 104 cm³/mol. The van der Waals surface area contributed by atoms with Gasteiger partial charge >= 0.3 is 0 Å². The molecule has 2 nitrogen and oxygen atoms in total. The first-order valence-electron chi connectivity index (χ1n) is 9.42. The van der Waals surface area contributed by atoms with E-state index in [-0.39, 0.29) is 23.7 Å². The highest BCUT2D eigenvalue weighted by Gasteiger charge is 2.55. The molecule has 4 rings (SSSR count). The van der Waals surface area contributed by atoms with Crippen molar-refractivity contribution in [2.45, 2.75) is 49.1 Å². The van der Waals surface area contributed by atoms with Gasteiger partial charge in [0.2, 0.25) is 5.91 Å². The Morgan fingerprint density at radius 1 is 1.16 bits per heavy atom. The summed E-state index contributed by atoms with van der Waals surface area (Å²) in [5.74, 6) is 4.02. The van der Waals surface area contributed by atoms with E-state index in [1.165, 1.54) is 42.9 Å². The second-order valence-corrected chi connectivity index (χ2v) is 10.7. The average molecular weight is 380 g/mol. The Kier molecular flexibility index (Phi) is 5.07. The van der Waals surface area contributed by atoms with Crippen LogP contribution in [0.5, 0.6) is 0 Å². The Bertz CT molecular complexity index is 613. The summed E-state index contributed by atoms with van der Waals surface area (Å²) in [5.41, 5.74) is 0.962. The summed E-state index contributed by atoms with van der Waals surface area (Å²) < 4.78 is 13.5. The van der Waals surface area contributed by atoms with Gasteiger partial charge in [-0.3, -0.25) is 4.79 Å². The average Bonchev–Trinajstić information content (AvgIpc) is 3.04. The SMILES string of the molecule is CC(NC(=O)C1CC2CCCC(C1)C21SCCS1)c1ccc(F)cc1. The van der Waals surface area contributed by atoms with Gasteiger partial charge in [-0.1, -0.05) is 18.6 Å². The minimum atomic E-state index is -0.237. The quantitative estimate of drug-likeness (QED) is 0.801. The second-order valence-electron chi connectivity index (χ2n) is 7.69. The van der Waals surface area contributed by atoms with Crippen molar-refractivity contribution in [2.24, 2.45) is 17.8 Å². The van der Waals surface area contributed by atoms with Crippen LogP contribution < -0.4 is 5.32 Å². The Morgan fingerprint density at radius 2 is 1.76 bits per heavy atom. The molecule has 0 radical (unpaired) electrons. The summed E-state index contributed by atoms with van der Waals surface area (Å²) in [7, 11) is 0. The van der Waals surface area contributed by atoms with Gasteiger partial charge in [-0.25, -0.2) is 4.39 Å². The zero-order valence-electron chi connectivity index (χ0n) is 14.7. The molecule has 1 saturated heterocycles. The van der Waals surface area contributed by atoms with Gasteiger partial charge in [-0.2, -0.15) is 0 Å².